The van der Waals surface area contributed by atoms with Gasteiger partial charge in [-0.15, -0.1) is 0 Å². The highest BCUT2D eigenvalue weighted by molar-refractivity contribution is 5.32. The van der Waals surface area contributed by atoms with Crippen LogP contribution in [0.1, 0.15) is 27.2 Å². The molecule has 1 saturated heterocycles. The molecule has 2 rings (SSSR count). The molecule has 2 heterocycles. The Labute approximate surface area is 86.7 Å². The van der Waals surface area contributed by atoms with Gasteiger partial charge in [-0.1, -0.05) is 20.8 Å². The molecule has 0 bridgehead atoms. The van der Waals surface area contributed by atoms with E-state index in [0.29, 0.717) is 0 Å². The van der Waals surface area contributed by atoms with Crippen molar-refractivity contribution in [2.24, 2.45) is 13.0 Å². The summed E-state index contributed by atoms with van der Waals surface area (Å²) in [7, 11) is 2.05. The van der Waals surface area contributed by atoms with Crippen LogP contribution in [0, 0.1) is 5.92 Å². The summed E-state index contributed by atoms with van der Waals surface area (Å²) < 4.78 is 2.08. The van der Waals surface area contributed by atoms with E-state index in [2.05, 4.69) is 21.4 Å². The lowest BCUT2D eigenvalue weighted by Crippen LogP contribution is -2.22. The average molecular weight is 195 g/mol. The summed E-state index contributed by atoms with van der Waals surface area (Å²) in [5, 5.41) is 0. The van der Waals surface area contributed by atoms with Gasteiger partial charge in [0.15, 0.2) is 0 Å². The normalized spacial score (nSPS) is 20.6. The van der Waals surface area contributed by atoms with Gasteiger partial charge in [0, 0.05) is 32.5 Å². The number of nitrogens with zero attached hydrogens (tertiary/aromatic N) is 3. The fraction of sp³-hybridized carbons (Fsp3) is 0.727. The van der Waals surface area contributed by atoms with Gasteiger partial charge in [-0.25, -0.2) is 4.98 Å². The Hall–Kier alpha value is -0.990. The first-order chi connectivity index (χ1) is 6.77. The van der Waals surface area contributed by atoms with Crippen LogP contribution >= 0.6 is 0 Å². The largest absolute Gasteiger partial charge is 0.342 e. The van der Waals surface area contributed by atoms with Crippen LogP contribution < -0.4 is 4.90 Å². The van der Waals surface area contributed by atoms with Crippen LogP contribution in [0.5, 0.6) is 0 Å². The fourth-order valence-corrected chi connectivity index (χ4v) is 1.78. The number of hydrogen-bond acceptors (Lipinski definition) is 2. The minimum Gasteiger partial charge on any atom is -0.342 e. The molecule has 0 N–H and O–H groups in total. The predicted octanol–water partition coefficient (Wildman–Crippen LogP) is 2.29. The van der Waals surface area contributed by atoms with Crippen molar-refractivity contribution in [2.45, 2.75) is 27.2 Å². The lowest BCUT2D eigenvalue weighted by molar-refractivity contribution is 0.656. The third-order valence-electron chi connectivity index (χ3n) is 2.50. The molecule has 0 saturated carbocycles. The van der Waals surface area contributed by atoms with Crippen molar-refractivity contribution in [3.63, 3.8) is 0 Å². The standard InChI is InChI=1S/C9H15N3.C2H6/c1-8-3-5-12(7-8)9-10-4-6-11(9)2;1-2/h4,6,8H,3,5,7H2,1-2H3;1-2H3. The quantitative estimate of drug-likeness (QED) is 0.685. The molecule has 1 fully saturated rings. The van der Waals surface area contributed by atoms with E-state index in [1.54, 1.807) is 0 Å². The molecule has 1 aromatic heterocycles. The number of rotatable bonds is 1. The van der Waals surface area contributed by atoms with E-state index in [1.807, 2.05) is 33.3 Å². The van der Waals surface area contributed by atoms with Crippen molar-refractivity contribution in [2.75, 3.05) is 18.0 Å². The van der Waals surface area contributed by atoms with Crippen molar-refractivity contribution in [3.05, 3.63) is 12.4 Å². The average Bonchev–Trinajstić information content (AvgIpc) is 2.78. The molecule has 1 aliphatic heterocycles. The van der Waals surface area contributed by atoms with Crippen LogP contribution in [0.4, 0.5) is 5.95 Å². The maximum absolute atomic E-state index is 4.32. The van der Waals surface area contributed by atoms with Crippen molar-refractivity contribution in [3.8, 4) is 0 Å². The molecule has 3 nitrogen and oxygen atoms in total. The van der Waals surface area contributed by atoms with Gasteiger partial charge in [0.1, 0.15) is 0 Å². The van der Waals surface area contributed by atoms with Gasteiger partial charge in [0.05, 0.1) is 0 Å². The predicted molar refractivity (Wildman–Crippen MR) is 60.6 cm³/mol. The summed E-state index contributed by atoms with van der Waals surface area (Å²) in [6, 6.07) is 0. The highest BCUT2D eigenvalue weighted by atomic mass is 15.3. The van der Waals surface area contributed by atoms with Gasteiger partial charge >= 0.3 is 0 Å². The molecule has 1 aromatic rings. The maximum atomic E-state index is 4.32. The zero-order chi connectivity index (χ0) is 10.6. The molecule has 0 aromatic carbocycles. The number of anilines is 1. The topological polar surface area (TPSA) is 21.1 Å². The Bertz CT molecular complexity index is 267. The Balaban J connectivity index is 0.000000461. The van der Waals surface area contributed by atoms with Crippen LogP contribution in [-0.2, 0) is 7.05 Å². The van der Waals surface area contributed by atoms with E-state index in [9.17, 15) is 0 Å². The van der Waals surface area contributed by atoms with Crippen LogP contribution in [0.2, 0.25) is 0 Å². The van der Waals surface area contributed by atoms with Crippen molar-refractivity contribution >= 4 is 5.95 Å². The fourth-order valence-electron chi connectivity index (χ4n) is 1.78. The zero-order valence-corrected chi connectivity index (χ0v) is 9.70. The minimum absolute atomic E-state index is 0.821. The van der Waals surface area contributed by atoms with E-state index in [-0.39, 0.29) is 0 Å². The highest BCUT2D eigenvalue weighted by Crippen LogP contribution is 2.20. The Morgan fingerprint density at radius 3 is 2.57 bits per heavy atom. The van der Waals surface area contributed by atoms with Crippen LogP contribution in [0.25, 0.3) is 0 Å². The summed E-state index contributed by atoms with van der Waals surface area (Å²) in [6.07, 6.45) is 5.16. The number of hydrogen-bond donors (Lipinski definition) is 0. The Morgan fingerprint density at radius 1 is 1.43 bits per heavy atom. The first-order valence-corrected chi connectivity index (χ1v) is 5.49. The Kier molecular flexibility index (Phi) is 3.98. The van der Waals surface area contributed by atoms with Gasteiger partial charge in [-0.05, 0) is 12.3 Å². The third kappa shape index (κ3) is 2.28. The molecule has 1 atom stereocenters. The molecule has 0 spiro atoms. The zero-order valence-electron chi connectivity index (χ0n) is 9.70. The van der Waals surface area contributed by atoms with E-state index in [1.165, 1.54) is 6.42 Å². The molecule has 14 heavy (non-hydrogen) atoms. The van der Waals surface area contributed by atoms with Gasteiger partial charge in [0.2, 0.25) is 5.95 Å². The second-order valence-corrected chi connectivity index (χ2v) is 3.68. The lowest BCUT2D eigenvalue weighted by Gasteiger charge is -2.16. The van der Waals surface area contributed by atoms with Gasteiger partial charge in [-0.3, -0.25) is 0 Å². The Morgan fingerprint density at radius 2 is 2.14 bits per heavy atom. The molecule has 80 valence electrons. The first-order valence-electron chi connectivity index (χ1n) is 5.49. The molecule has 3 heteroatoms. The number of aryl methyl sites for hydroxylation is 1. The summed E-state index contributed by atoms with van der Waals surface area (Å²) in [5.74, 6) is 1.93. The summed E-state index contributed by atoms with van der Waals surface area (Å²) in [5.41, 5.74) is 0. The first kappa shape index (κ1) is 11.1. The van der Waals surface area contributed by atoms with E-state index >= 15 is 0 Å². The second kappa shape index (κ2) is 5.03. The smallest absolute Gasteiger partial charge is 0.205 e. The second-order valence-electron chi connectivity index (χ2n) is 3.68. The van der Waals surface area contributed by atoms with Crippen LogP contribution in [0.3, 0.4) is 0 Å². The van der Waals surface area contributed by atoms with Crippen molar-refractivity contribution in [1.29, 1.82) is 0 Å². The van der Waals surface area contributed by atoms with E-state index < -0.39 is 0 Å². The monoisotopic (exact) mass is 195 g/mol. The van der Waals surface area contributed by atoms with Gasteiger partial charge in [0.25, 0.3) is 0 Å². The molecule has 0 amide bonds. The maximum Gasteiger partial charge on any atom is 0.205 e. The summed E-state index contributed by atoms with van der Waals surface area (Å²) in [4.78, 5) is 6.67. The van der Waals surface area contributed by atoms with Gasteiger partial charge in [-0.2, -0.15) is 0 Å². The van der Waals surface area contributed by atoms with Crippen LogP contribution in [0.15, 0.2) is 12.4 Å². The van der Waals surface area contributed by atoms with Crippen molar-refractivity contribution < 1.29 is 0 Å². The molecule has 1 aliphatic rings. The van der Waals surface area contributed by atoms with Crippen LogP contribution in [-0.4, -0.2) is 22.6 Å². The molecular weight excluding hydrogens is 174 g/mol. The van der Waals surface area contributed by atoms with E-state index in [4.69, 9.17) is 0 Å². The summed E-state index contributed by atoms with van der Waals surface area (Å²) in [6.45, 7) is 8.61. The number of imidazole rings is 1. The lowest BCUT2D eigenvalue weighted by atomic mass is 10.2. The minimum atomic E-state index is 0.821. The molecular formula is C11H21N3. The highest BCUT2D eigenvalue weighted by Gasteiger charge is 2.20. The van der Waals surface area contributed by atoms with Crippen molar-refractivity contribution in [1.82, 2.24) is 9.55 Å². The summed E-state index contributed by atoms with van der Waals surface area (Å²) >= 11 is 0. The number of aromatic nitrogens is 2. The third-order valence-corrected chi connectivity index (χ3v) is 2.50. The van der Waals surface area contributed by atoms with E-state index in [0.717, 1.165) is 25.0 Å². The van der Waals surface area contributed by atoms with Gasteiger partial charge < -0.3 is 9.47 Å². The molecule has 0 radical (unpaired) electrons. The molecule has 0 aliphatic carbocycles. The molecule has 1 unspecified atom stereocenters. The SMILES string of the molecule is CC.CC1CCN(c2nccn2C)C1.